The van der Waals surface area contributed by atoms with Crippen molar-refractivity contribution in [1.29, 1.82) is 0 Å². The third-order valence-corrected chi connectivity index (χ3v) is 2.80. The molecule has 0 spiro atoms. The molecule has 0 bridgehead atoms. The molecule has 2 aromatic rings. The van der Waals surface area contributed by atoms with Crippen molar-refractivity contribution >= 4 is 17.1 Å². The predicted octanol–water partition coefficient (Wildman–Crippen LogP) is 0.429. The zero-order valence-corrected chi connectivity index (χ0v) is 9.37. The van der Waals surface area contributed by atoms with Gasteiger partial charge in [0.2, 0.25) is 5.95 Å². The maximum absolute atomic E-state index is 5.89. The molecular formula is C11H14N4O2. The van der Waals surface area contributed by atoms with Gasteiger partial charge in [-0.3, -0.25) is 4.57 Å². The number of rotatable bonds is 2. The Labute approximate surface area is 98.4 Å². The van der Waals surface area contributed by atoms with Gasteiger partial charge in [0.25, 0.3) is 0 Å². The summed E-state index contributed by atoms with van der Waals surface area (Å²) in [7, 11) is 0. The fraction of sp³-hybridized carbons (Fsp3) is 0.455. The minimum atomic E-state index is 0.0189. The molecule has 2 N–H and O–H groups in total. The van der Waals surface area contributed by atoms with Crippen molar-refractivity contribution in [2.24, 2.45) is 0 Å². The normalized spacial score (nSPS) is 20.8. The predicted molar refractivity (Wildman–Crippen MR) is 62.5 cm³/mol. The number of pyridine rings is 1. The standard InChI is InChI=1S/C11H14N4O2/c12-11-14-9-2-1-3-13-10(9)15(11)6-8-7-16-4-5-17-8/h1-3,8H,4-7H2,(H2,12,14). The lowest BCUT2D eigenvalue weighted by atomic mass is 10.3. The Kier molecular flexibility index (Phi) is 2.66. The first-order valence-electron chi connectivity index (χ1n) is 5.60. The number of nitrogen functional groups attached to an aromatic ring is 1. The van der Waals surface area contributed by atoms with Gasteiger partial charge in [-0.25, -0.2) is 9.97 Å². The molecular weight excluding hydrogens is 220 g/mol. The Bertz CT molecular complexity index is 519. The average molecular weight is 234 g/mol. The maximum Gasteiger partial charge on any atom is 0.202 e. The lowest BCUT2D eigenvalue weighted by molar-refractivity contribution is -0.0931. The van der Waals surface area contributed by atoms with Crippen molar-refractivity contribution in [3.8, 4) is 0 Å². The van der Waals surface area contributed by atoms with Gasteiger partial charge in [0.1, 0.15) is 5.52 Å². The molecule has 0 amide bonds. The van der Waals surface area contributed by atoms with Crippen molar-refractivity contribution in [3.05, 3.63) is 18.3 Å². The van der Waals surface area contributed by atoms with Crippen LogP contribution < -0.4 is 5.73 Å². The fourth-order valence-corrected chi connectivity index (χ4v) is 2.00. The van der Waals surface area contributed by atoms with Crippen LogP contribution >= 0.6 is 0 Å². The molecule has 2 aromatic heterocycles. The molecule has 3 heterocycles. The number of anilines is 1. The van der Waals surface area contributed by atoms with Gasteiger partial charge in [0.15, 0.2) is 5.65 Å². The number of nitrogens with two attached hydrogens (primary N) is 1. The summed E-state index contributed by atoms with van der Waals surface area (Å²) in [5, 5.41) is 0. The first-order chi connectivity index (χ1) is 8.34. The third kappa shape index (κ3) is 1.96. The smallest absolute Gasteiger partial charge is 0.202 e. The minimum Gasteiger partial charge on any atom is -0.376 e. The number of hydrogen-bond acceptors (Lipinski definition) is 5. The molecule has 0 radical (unpaired) electrons. The van der Waals surface area contributed by atoms with Crippen molar-refractivity contribution in [3.63, 3.8) is 0 Å². The number of ether oxygens (including phenoxy) is 2. The summed E-state index contributed by atoms with van der Waals surface area (Å²) in [6, 6.07) is 3.74. The van der Waals surface area contributed by atoms with Crippen LogP contribution in [0.5, 0.6) is 0 Å². The molecule has 6 heteroatoms. The largest absolute Gasteiger partial charge is 0.376 e. The van der Waals surface area contributed by atoms with Gasteiger partial charge in [-0.15, -0.1) is 0 Å². The van der Waals surface area contributed by atoms with Crippen molar-refractivity contribution in [2.45, 2.75) is 12.6 Å². The molecule has 90 valence electrons. The first-order valence-corrected chi connectivity index (χ1v) is 5.60. The van der Waals surface area contributed by atoms with Gasteiger partial charge < -0.3 is 15.2 Å². The van der Waals surface area contributed by atoms with Crippen LogP contribution in [0.25, 0.3) is 11.2 Å². The second-order valence-corrected chi connectivity index (χ2v) is 3.99. The molecule has 17 heavy (non-hydrogen) atoms. The summed E-state index contributed by atoms with van der Waals surface area (Å²) in [4.78, 5) is 8.55. The van der Waals surface area contributed by atoms with E-state index in [9.17, 15) is 0 Å². The summed E-state index contributed by atoms with van der Waals surface area (Å²) in [5.74, 6) is 0.466. The average Bonchev–Trinajstić information content (AvgIpc) is 2.68. The highest BCUT2D eigenvalue weighted by atomic mass is 16.6. The van der Waals surface area contributed by atoms with E-state index in [0.717, 1.165) is 11.2 Å². The molecule has 0 aromatic carbocycles. The lowest BCUT2D eigenvalue weighted by Gasteiger charge is -2.23. The summed E-state index contributed by atoms with van der Waals surface area (Å²) < 4.78 is 12.8. The Morgan fingerprint density at radius 2 is 2.41 bits per heavy atom. The Morgan fingerprint density at radius 1 is 1.47 bits per heavy atom. The molecule has 0 aliphatic carbocycles. The van der Waals surface area contributed by atoms with Gasteiger partial charge in [-0.2, -0.15) is 0 Å². The summed E-state index contributed by atoms with van der Waals surface area (Å²) in [6.07, 6.45) is 1.75. The van der Waals surface area contributed by atoms with Crippen LogP contribution in [0, 0.1) is 0 Å². The highest BCUT2D eigenvalue weighted by Crippen LogP contribution is 2.16. The quantitative estimate of drug-likeness (QED) is 0.815. The van der Waals surface area contributed by atoms with Crippen LogP contribution in [-0.2, 0) is 16.0 Å². The van der Waals surface area contributed by atoms with Crippen LogP contribution in [0.15, 0.2) is 18.3 Å². The summed E-state index contributed by atoms with van der Waals surface area (Å²) >= 11 is 0. The van der Waals surface area contributed by atoms with Gasteiger partial charge in [-0.05, 0) is 12.1 Å². The number of fused-ring (bicyclic) bond motifs is 1. The second-order valence-electron chi connectivity index (χ2n) is 3.99. The number of imidazole rings is 1. The van der Waals surface area contributed by atoms with E-state index < -0.39 is 0 Å². The molecule has 1 aliphatic heterocycles. The lowest BCUT2D eigenvalue weighted by Crippen LogP contribution is -2.32. The second kappa shape index (κ2) is 4.31. The summed E-state index contributed by atoms with van der Waals surface area (Å²) in [6.45, 7) is 2.50. The van der Waals surface area contributed by atoms with Gasteiger partial charge >= 0.3 is 0 Å². The van der Waals surface area contributed by atoms with Crippen LogP contribution in [0.1, 0.15) is 0 Å². The van der Waals surface area contributed by atoms with Gasteiger partial charge in [-0.1, -0.05) is 0 Å². The highest BCUT2D eigenvalue weighted by molar-refractivity contribution is 5.73. The van der Waals surface area contributed by atoms with Crippen molar-refractivity contribution in [1.82, 2.24) is 14.5 Å². The fourth-order valence-electron chi connectivity index (χ4n) is 2.00. The van der Waals surface area contributed by atoms with Gasteiger partial charge in [0.05, 0.1) is 32.5 Å². The van der Waals surface area contributed by atoms with Crippen LogP contribution in [-0.4, -0.2) is 40.5 Å². The van der Waals surface area contributed by atoms with E-state index in [1.165, 1.54) is 0 Å². The van der Waals surface area contributed by atoms with E-state index in [1.807, 2.05) is 16.7 Å². The molecule has 1 atom stereocenters. The summed E-state index contributed by atoms with van der Waals surface area (Å²) in [5.41, 5.74) is 7.48. The molecule has 1 fully saturated rings. The first kappa shape index (κ1) is 10.5. The number of nitrogens with zero attached hydrogens (tertiary/aromatic N) is 3. The minimum absolute atomic E-state index is 0.0189. The monoisotopic (exact) mass is 234 g/mol. The Morgan fingerprint density at radius 3 is 3.24 bits per heavy atom. The van der Waals surface area contributed by atoms with Crippen LogP contribution in [0.3, 0.4) is 0 Å². The van der Waals surface area contributed by atoms with E-state index in [-0.39, 0.29) is 6.10 Å². The van der Waals surface area contributed by atoms with Crippen LogP contribution in [0.4, 0.5) is 5.95 Å². The third-order valence-electron chi connectivity index (χ3n) is 2.80. The molecule has 0 saturated carbocycles. The van der Waals surface area contributed by atoms with Crippen molar-refractivity contribution < 1.29 is 9.47 Å². The van der Waals surface area contributed by atoms with Gasteiger partial charge in [0, 0.05) is 6.20 Å². The topological polar surface area (TPSA) is 75.2 Å². The van der Waals surface area contributed by atoms with E-state index in [2.05, 4.69) is 9.97 Å². The molecule has 1 aliphatic rings. The molecule has 1 unspecified atom stereocenters. The highest BCUT2D eigenvalue weighted by Gasteiger charge is 2.18. The zero-order chi connectivity index (χ0) is 11.7. The molecule has 3 rings (SSSR count). The van der Waals surface area contributed by atoms with Crippen molar-refractivity contribution in [2.75, 3.05) is 25.6 Å². The van der Waals surface area contributed by atoms with E-state index in [1.54, 1.807) is 6.20 Å². The Balaban J connectivity index is 1.90. The SMILES string of the molecule is Nc1nc2cccnc2n1CC1COCCO1. The van der Waals surface area contributed by atoms with E-state index in [4.69, 9.17) is 15.2 Å². The zero-order valence-electron chi connectivity index (χ0n) is 9.37. The maximum atomic E-state index is 5.89. The Hall–Kier alpha value is -1.66. The van der Waals surface area contributed by atoms with E-state index >= 15 is 0 Å². The molecule has 6 nitrogen and oxygen atoms in total. The van der Waals surface area contributed by atoms with Crippen LogP contribution in [0.2, 0.25) is 0 Å². The molecule has 1 saturated heterocycles. The number of aromatic nitrogens is 3. The van der Waals surface area contributed by atoms with E-state index in [0.29, 0.717) is 32.3 Å². The number of hydrogen-bond donors (Lipinski definition) is 1.